The van der Waals surface area contributed by atoms with Crippen LogP contribution in [0.25, 0.3) is 0 Å². The molecule has 2 heterocycles. The van der Waals surface area contributed by atoms with Crippen molar-refractivity contribution in [2.75, 3.05) is 10.6 Å². The zero-order chi connectivity index (χ0) is 15.4. The molecule has 0 saturated carbocycles. The van der Waals surface area contributed by atoms with Gasteiger partial charge in [-0.05, 0) is 25.1 Å². The summed E-state index contributed by atoms with van der Waals surface area (Å²) in [6.45, 7) is 1.75. The molecule has 2 aromatic heterocycles. The Morgan fingerprint density at radius 1 is 1.18 bits per heavy atom. The standard InChI is InChI=1S/C15H13N5O2/c1-10-9-13(20-22-10)19-14(21)12-7-8-16-15(18-12)17-11-5-3-2-4-6-11/h2-9H,1H3,(H,16,17,18)(H,19,20,21). The summed E-state index contributed by atoms with van der Waals surface area (Å²) >= 11 is 0. The summed E-state index contributed by atoms with van der Waals surface area (Å²) in [5.74, 6) is 0.921. The Bertz CT molecular complexity index is 785. The molecule has 0 spiro atoms. The lowest BCUT2D eigenvalue weighted by atomic mass is 10.3. The van der Waals surface area contributed by atoms with Crippen LogP contribution in [0.5, 0.6) is 0 Å². The number of hydrogen-bond donors (Lipinski definition) is 2. The maximum absolute atomic E-state index is 12.1. The summed E-state index contributed by atoms with van der Waals surface area (Å²) in [5.41, 5.74) is 1.07. The average Bonchev–Trinajstić information content (AvgIpc) is 2.93. The first-order valence-electron chi connectivity index (χ1n) is 6.60. The zero-order valence-corrected chi connectivity index (χ0v) is 11.8. The molecule has 22 heavy (non-hydrogen) atoms. The average molecular weight is 295 g/mol. The molecular weight excluding hydrogens is 282 g/mol. The van der Waals surface area contributed by atoms with Crippen LogP contribution in [0.4, 0.5) is 17.5 Å². The maximum Gasteiger partial charge on any atom is 0.275 e. The van der Waals surface area contributed by atoms with E-state index in [1.807, 2.05) is 30.3 Å². The molecule has 0 aliphatic carbocycles. The lowest BCUT2D eigenvalue weighted by molar-refractivity contribution is 0.102. The summed E-state index contributed by atoms with van der Waals surface area (Å²) in [6, 6.07) is 12.6. The van der Waals surface area contributed by atoms with E-state index in [-0.39, 0.29) is 11.6 Å². The Balaban J connectivity index is 1.74. The van der Waals surface area contributed by atoms with Crippen molar-refractivity contribution in [2.24, 2.45) is 0 Å². The van der Waals surface area contributed by atoms with Gasteiger partial charge in [0.1, 0.15) is 11.5 Å². The summed E-state index contributed by atoms with van der Waals surface area (Å²) in [5, 5.41) is 9.34. The number of nitrogens with one attached hydrogen (secondary N) is 2. The first kappa shape index (κ1) is 13.7. The molecule has 3 aromatic rings. The van der Waals surface area contributed by atoms with Crippen LogP contribution in [0.15, 0.2) is 53.2 Å². The lowest BCUT2D eigenvalue weighted by Gasteiger charge is -2.06. The van der Waals surface area contributed by atoms with E-state index in [9.17, 15) is 4.79 Å². The van der Waals surface area contributed by atoms with Crippen molar-refractivity contribution in [3.63, 3.8) is 0 Å². The Labute approximate surface area is 126 Å². The fourth-order valence-corrected chi connectivity index (χ4v) is 1.80. The van der Waals surface area contributed by atoms with Crippen LogP contribution in [-0.4, -0.2) is 21.0 Å². The van der Waals surface area contributed by atoms with Gasteiger partial charge in [0.2, 0.25) is 5.95 Å². The Hall–Kier alpha value is -3.22. The molecule has 0 radical (unpaired) electrons. The summed E-state index contributed by atoms with van der Waals surface area (Å²) < 4.78 is 4.89. The number of anilines is 3. The van der Waals surface area contributed by atoms with Crippen molar-refractivity contribution in [3.05, 3.63) is 60.1 Å². The predicted molar refractivity (Wildman–Crippen MR) is 80.9 cm³/mol. The van der Waals surface area contributed by atoms with Gasteiger partial charge in [0.25, 0.3) is 5.91 Å². The van der Waals surface area contributed by atoms with Gasteiger partial charge in [-0.25, -0.2) is 9.97 Å². The molecule has 3 rings (SSSR count). The van der Waals surface area contributed by atoms with Crippen molar-refractivity contribution in [1.29, 1.82) is 0 Å². The zero-order valence-electron chi connectivity index (χ0n) is 11.8. The number of hydrogen-bond acceptors (Lipinski definition) is 6. The van der Waals surface area contributed by atoms with E-state index >= 15 is 0 Å². The van der Waals surface area contributed by atoms with Crippen molar-refractivity contribution in [2.45, 2.75) is 6.92 Å². The number of benzene rings is 1. The lowest BCUT2D eigenvalue weighted by Crippen LogP contribution is -2.14. The van der Waals surface area contributed by atoms with Crippen LogP contribution in [-0.2, 0) is 0 Å². The van der Waals surface area contributed by atoms with Crippen LogP contribution >= 0.6 is 0 Å². The van der Waals surface area contributed by atoms with Gasteiger partial charge in [-0.15, -0.1) is 0 Å². The van der Waals surface area contributed by atoms with Crippen molar-refractivity contribution in [1.82, 2.24) is 15.1 Å². The third kappa shape index (κ3) is 3.26. The highest BCUT2D eigenvalue weighted by atomic mass is 16.5. The third-order valence-electron chi connectivity index (χ3n) is 2.79. The Morgan fingerprint density at radius 3 is 2.73 bits per heavy atom. The van der Waals surface area contributed by atoms with Gasteiger partial charge in [-0.3, -0.25) is 4.79 Å². The highest BCUT2D eigenvalue weighted by Crippen LogP contribution is 2.13. The van der Waals surface area contributed by atoms with Gasteiger partial charge in [0.05, 0.1) is 0 Å². The number of para-hydroxylation sites is 1. The first-order chi connectivity index (χ1) is 10.7. The van der Waals surface area contributed by atoms with E-state index in [4.69, 9.17) is 4.52 Å². The number of carbonyl (C=O) groups excluding carboxylic acids is 1. The van der Waals surface area contributed by atoms with Crippen molar-refractivity contribution < 1.29 is 9.32 Å². The van der Waals surface area contributed by atoms with E-state index in [0.29, 0.717) is 17.5 Å². The van der Waals surface area contributed by atoms with E-state index < -0.39 is 0 Å². The van der Waals surface area contributed by atoms with Crippen LogP contribution < -0.4 is 10.6 Å². The van der Waals surface area contributed by atoms with Gasteiger partial charge >= 0.3 is 0 Å². The van der Waals surface area contributed by atoms with E-state index in [2.05, 4.69) is 25.8 Å². The number of rotatable bonds is 4. The maximum atomic E-state index is 12.1. The van der Waals surface area contributed by atoms with E-state index in [0.717, 1.165) is 5.69 Å². The monoisotopic (exact) mass is 295 g/mol. The number of aryl methyl sites for hydroxylation is 1. The SMILES string of the molecule is Cc1cc(NC(=O)c2ccnc(Nc3ccccc3)n2)no1. The first-order valence-corrected chi connectivity index (χ1v) is 6.60. The highest BCUT2D eigenvalue weighted by Gasteiger charge is 2.11. The molecule has 110 valence electrons. The number of nitrogens with zero attached hydrogens (tertiary/aromatic N) is 3. The largest absolute Gasteiger partial charge is 0.360 e. The molecule has 1 amide bonds. The minimum atomic E-state index is -0.383. The van der Waals surface area contributed by atoms with E-state index in [1.165, 1.54) is 12.3 Å². The molecule has 1 aromatic carbocycles. The number of aromatic nitrogens is 3. The predicted octanol–water partition coefficient (Wildman–Crippen LogP) is 2.77. The molecule has 7 nitrogen and oxygen atoms in total. The second-order valence-electron chi connectivity index (χ2n) is 4.53. The van der Waals surface area contributed by atoms with Crippen LogP contribution in [0.3, 0.4) is 0 Å². The summed E-state index contributed by atoms with van der Waals surface area (Å²) in [4.78, 5) is 20.4. The van der Waals surface area contributed by atoms with Crippen molar-refractivity contribution in [3.8, 4) is 0 Å². The molecule has 0 bridgehead atoms. The molecular formula is C15H13N5O2. The van der Waals surface area contributed by atoms with Gasteiger partial charge < -0.3 is 15.2 Å². The highest BCUT2D eigenvalue weighted by molar-refractivity contribution is 6.02. The summed E-state index contributed by atoms with van der Waals surface area (Å²) in [7, 11) is 0. The molecule has 0 fully saturated rings. The molecule has 0 unspecified atom stereocenters. The van der Waals surface area contributed by atoms with Crippen molar-refractivity contribution >= 4 is 23.4 Å². The smallest absolute Gasteiger partial charge is 0.275 e. The van der Waals surface area contributed by atoms with Gasteiger partial charge in [-0.2, -0.15) is 0 Å². The minimum absolute atomic E-state index is 0.231. The number of amides is 1. The van der Waals surface area contributed by atoms with Crippen LogP contribution in [0.2, 0.25) is 0 Å². The molecule has 2 N–H and O–H groups in total. The second-order valence-corrected chi connectivity index (χ2v) is 4.53. The fourth-order valence-electron chi connectivity index (χ4n) is 1.80. The molecule has 0 aliphatic rings. The second kappa shape index (κ2) is 6.04. The molecule has 0 atom stereocenters. The molecule has 7 heteroatoms. The Kier molecular flexibility index (Phi) is 3.78. The quantitative estimate of drug-likeness (QED) is 0.768. The van der Waals surface area contributed by atoms with Gasteiger partial charge in [0, 0.05) is 18.0 Å². The van der Waals surface area contributed by atoms with Gasteiger partial charge in [-0.1, -0.05) is 23.4 Å². The minimum Gasteiger partial charge on any atom is -0.360 e. The fraction of sp³-hybridized carbons (Fsp3) is 0.0667. The molecule has 0 aliphatic heterocycles. The third-order valence-corrected chi connectivity index (χ3v) is 2.79. The number of carbonyl (C=O) groups is 1. The summed E-state index contributed by atoms with van der Waals surface area (Å²) in [6.07, 6.45) is 1.52. The van der Waals surface area contributed by atoms with Crippen LogP contribution in [0, 0.1) is 6.92 Å². The van der Waals surface area contributed by atoms with Gasteiger partial charge in [0.15, 0.2) is 5.82 Å². The van der Waals surface area contributed by atoms with E-state index in [1.54, 1.807) is 13.0 Å². The van der Waals surface area contributed by atoms with Crippen LogP contribution in [0.1, 0.15) is 16.2 Å². The topological polar surface area (TPSA) is 92.9 Å². The Morgan fingerprint density at radius 2 is 2.00 bits per heavy atom. The molecule has 0 saturated heterocycles. The normalized spacial score (nSPS) is 10.2.